The Morgan fingerprint density at radius 1 is 0.857 bits per heavy atom. The van der Waals surface area contributed by atoms with Gasteiger partial charge in [0.2, 0.25) is 0 Å². The molecule has 0 aliphatic carbocycles. The van der Waals surface area contributed by atoms with Gasteiger partial charge in [-0.3, -0.25) is 4.79 Å². The fourth-order valence-corrected chi connectivity index (χ4v) is 5.17. The molecule has 0 aliphatic rings. The van der Waals surface area contributed by atoms with Crippen LogP contribution in [0.3, 0.4) is 0 Å². The van der Waals surface area contributed by atoms with Gasteiger partial charge in [-0.1, -0.05) is 98.8 Å². The average molecular weight is 492 g/mol. The maximum atomic E-state index is 13.3. The molecule has 0 spiro atoms. The van der Waals surface area contributed by atoms with Crippen LogP contribution in [-0.4, -0.2) is 21.8 Å². The summed E-state index contributed by atoms with van der Waals surface area (Å²) in [5, 5.41) is -0.424. The number of Topliss-reactive ketones (excluding diaryl/α,β-unsaturated/α-hetero) is 1. The number of rotatable bonds is 10. The van der Waals surface area contributed by atoms with Gasteiger partial charge in [0.05, 0.1) is 11.2 Å². The van der Waals surface area contributed by atoms with E-state index in [1.54, 1.807) is 0 Å². The van der Waals surface area contributed by atoms with Crippen molar-refractivity contribution in [2.45, 2.75) is 64.2 Å². The number of carbonyl (C=O) groups excluding carboxylic acids is 2. The van der Waals surface area contributed by atoms with Gasteiger partial charge in [0.25, 0.3) is 0 Å². The summed E-state index contributed by atoms with van der Waals surface area (Å²) in [5.74, 6) is -0.220. The molecule has 0 fully saturated rings. The maximum Gasteiger partial charge on any atom is 0.170 e. The van der Waals surface area contributed by atoms with Crippen molar-refractivity contribution in [1.82, 2.24) is 4.72 Å². The highest BCUT2D eigenvalue weighted by molar-refractivity contribution is 7.83. The van der Waals surface area contributed by atoms with Crippen molar-refractivity contribution in [3.8, 4) is 0 Å². The quantitative estimate of drug-likeness (QED) is 0.257. The second-order valence-electron chi connectivity index (χ2n) is 9.18. The van der Waals surface area contributed by atoms with Gasteiger partial charge in [-0.25, -0.2) is 8.93 Å². The molecule has 3 aromatic carbocycles. The summed E-state index contributed by atoms with van der Waals surface area (Å²) in [4.78, 5) is 24.6. The SMILES string of the molecule is CC.CC(C)(C)NS(=O)C(CC=O)c1ccc(CC(C(=O)c2ccccc2)c2ccccc2)cc1. The largest absolute Gasteiger partial charge is 0.303 e. The monoisotopic (exact) mass is 491 g/mol. The van der Waals surface area contributed by atoms with Crippen LogP contribution in [0.25, 0.3) is 0 Å². The molecule has 3 unspecified atom stereocenters. The molecule has 3 atom stereocenters. The van der Waals surface area contributed by atoms with Gasteiger partial charge in [-0.15, -0.1) is 0 Å². The van der Waals surface area contributed by atoms with Crippen LogP contribution in [-0.2, 0) is 22.2 Å². The minimum absolute atomic E-state index is 0.0835. The van der Waals surface area contributed by atoms with Gasteiger partial charge in [0.15, 0.2) is 5.78 Å². The Bertz CT molecular complexity index is 1070. The van der Waals surface area contributed by atoms with Crippen molar-refractivity contribution in [3.05, 3.63) is 107 Å². The van der Waals surface area contributed by atoms with Crippen LogP contribution in [0.5, 0.6) is 0 Å². The third-order valence-electron chi connectivity index (χ3n) is 5.34. The van der Waals surface area contributed by atoms with E-state index in [1.165, 1.54) is 0 Å². The smallest absolute Gasteiger partial charge is 0.170 e. The second-order valence-corrected chi connectivity index (χ2v) is 10.5. The Balaban J connectivity index is 0.00000210. The van der Waals surface area contributed by atoms with E-state index in [4.69, 9.17) is 0 Å². The predicted molar refractivity (Wildman–Crippen MR) is 146 cm³/mol. The fourth-order valence-electron chi connectivity index (χ4n) is 3.76. The minimum Gasteiger partial charge on any atom is -0.303 e. The lowest BCUT2D eigenvalue weighted by molar-refractivity contribution is -0.107. The fraction of sp³-hybridized carbons (Fsp3) is 0.333. The van der Waals surface area contributed by atoms with E-state index >= 15 is 0 Å². The summed E-state index contributed by atoms with van der Waals surface area (Å²) in [6.07, 6.45) is 1.54. The van der Waals surface area contributed by atoms with E-state index in [2.05, 4.69) is 4.72 Å². The lowest BCUT2D eigenvalue weighted by atomic mass is 9.85. The lowest BCUT2D eigenvalue weighted by Gasteiger charge is -2.24. The molecule has 0 amide bonds. The molecule has 0 saturated heterocycles. The Hall–Kier alpha value is -2.89. The first-order chi connectivity index (χ1) is 16.8. The molecule has 186 valence electrons. The van der Waals surface area contributed by atoms with Crippen molar-refractivity contribution < 1.29 is 13.8 Å². The zero-order chi connectivity index (χ0) is 25.8. The number of carbonyl (C=O) groups is 2. The van der Waals surface area contributed by atoms with Gasteiger partial charge in [-0.2, -0.15) is 0 Å². The summed E-state index contributed by atoms with van der Waals surface area (Å²) < 4.78 is 15.9. The van der Waals surface area contributed by atoms with Gasteiger partial charge in [0, 0.05) is 17.5 Å². The third kappa shape index (κ3) is 8.68. The molecule has 3 rings (SSSR count). The minimum atomic E-state index is -1.39. The van der Waals surface area contributed by atoms with Crippen LogP contribution >= 0.6 is 0 Å². The van der Waals surface area contributed by atoms with Crippen molar-refractivity contribution in [2.24, 2.45) is 0 Å². The molecular weight excluding hydrogens is 454 g/mol. The summed E-state index contributed by atoms with van der Waals surface area (Å²) >= 11 is 0. The Kier molecular flexibility index (Phi) is 11.2. The highest BCUT2D eigenvalue weighted by Crippen LogP contribution is 2.28. The van der Waals surface area contributed by atoms with E-state index in [-0.39, 0.29) is 23.7 Å². The maximum absolute atomic E-state index is 13.3. The van der Waals surface area contributed by atoms with Crippen LogP contribution in [0.2, 0.25) is 0 Å². The van der Waals surface area contributed by atoms with Crippen molar-refractivity contribution in [1.29, 1.82) is 0 Å². The molecule has 0 heterocycles. The topological polar surface area (TPSA) is 63.2 Å². The third-order valence-corrected chi connectivity index (χ3v) is 7.14. The summed E-state index contributed by atoms with van der Waals surface area (Å²) in [6, 6.07) is 27.0. The molecule has 0 aliphatic heterocycles. The zero-order valence-electron chi connectivity index (χ0n) is 21.4. The molecule has 0 aromatic heterocycles. The van der Waals surface area contributed by atoms with Gasteiger partial charge < -0.3 is 4.79 Å². The number of ketones is 1. The van der Waals surface area contributed by atoms with Gasteiger partial charge >= 0.3 is 0 Å². The summed E-state index contributed by atoms with van der Waals surface area (Å²) in [6.45, 7) is 9.83. The Labute approximate surface area is 212 Å². The number of aldehydes is 1. The van der Waals surface area contributed by atoms with Crippen LogP contribution < -0.4 is 4.72 Å². The van der Waals surface area contributed by atoms with Crippen molar-refractivity contribution >= 4 is 23.1 Å². The number of hydrogen-bond donors (Lipinski definition) is 1. The molecule has 0 saturated carbocycles. The highest BCUT2D eigenvalue weighted by atomic mass is 32.2. The average Bonchev–Trinajstić information content (AvgIpc) is 2.87. The second kappa shape index (κ2) is 13.9. The first kappa shape index (κ1) is 28.3. The van der Waals surface area contributed by atoms with Crippen molar-refractivity contribution in [2.75, 3.05) is 0 Å². The van der Waals surface area contributed by atoms with Crippen LogP contribution in [0.15, 0.2) is 84.9 Å². The van der Waals surface area contributed by atoms with Crippen LogP contribution in [0, 0.1) is 0 Å². The molecular formula is C30H37NO3S. The van der Waals surface area contributed by atoms with Crippen LogP contribution in [0.1, 0.15) is 79.3 Å². The Morgan fingerprint density at radius 3 is 1.91 bits per heavy atom. The van der Waals surface area contributed by atoms with E-state index in [0.29, 0.717) is 12.0 Å². The molecule has 35 heavy (non-hydrogen) atoms. The number of benzene rings is 3. The van der Waals surface area contributed by atoms with Gasteiger partial charge in [0.1, 0.15) is 17.3 Å². The van der Waals surface area contributed by atoms with E-state index in [1.807, 2.05) is 120 Å². The number of hydrogen-bond acceptors (Lipinski definition) is 3. The standard InChI is InChI=1S/C28H31NO3S.C2H6/c1-28(2,3)29-33(32)26(18-19-30)23-16-14-21(15-17-23)20-25(22-10-6-4-7-11-22)27(31)24-12-8-5-9-13-24;1-2/h4-17,19,25-26,29H,18,20H2,1-3H3;1-2H3. The first-order valence-corrected chi connectivity index (χ1v) is 13.3. The van der Waals surface area contributed by atoms with Crippen LogP contribution in [0.4, 0.5) is 0 Å². The molecule has 4 nitrogen and oxygen atoms in total. The Morgan fingerprint density at radius 2 is 1.40 bits per heavy atom. The van der Waals surface area contributed by atoms with E-state index < -0.39 is 16.2 Å². The first-order valence-electron chi connectivity index (χ1n) is 12.1. The predicted octanol–water partition coefficient (Wildman–Crippen LogP) is 6.60. The summed E-state index contributed by atoms with van der Waals surface area (Å²) in [5.41, 5.74) is 3.19. The molecule has 3 aromatic rings. The zero-order valence-corrected chi connectivity index (χ0v) is 22.2. The number of nitrogens with one attached hydrogen (secondary N) is 1. The molecule has 0 bridgehead atoms. The lowest BCUT2D eigenvalue weighted by Crippen LogP contribution is -2.39. The molecule has 1 N–H and O–H groups in total. The van der Waals surface area contributed by atoms with E-state index in [0.717, 1.165) is 23.0 Å². The van der Waals surface area contributed by atoms with E-state index in [9.17, 15) is 13.8 Å². The highest BCUT2D eigenvalue weighted by Gasteiger charge is 2.25. The molecule has 0 radical (unpaired) electrons. The van der Waals surface area contributed by atoms with Gasteiger partial charge in [-0.05, 0) is 43.9 Å². The molecule has 5 heteroatoms. The normalized spacial score (nSPS) is 13.6. The van der Waals surface area contributed by atoms with Crippen molar-refractivity contribution in [3.63, 3.8) is 0 Å². The summed E-state index contributed by atoms with van der Waals surface area (Å²) in [7, 11) is -1.39.